The van der Waals surface area contributed by atoms with Gasteiger partial charge in [-0.1, -0.05) is 18.1 Å². The van der Waals surface area contributed by atoms with E-state index >= 15 is 0 Å². The van der Waals surface area contributed by atoms with Crippen LogP contribution in [0.2, 0.25) is 0 Å². The first-order chi connectivity index (χ1) is 9.60. The number of allylic oxidation sites excluding steroid dienone is 2. The van der Waals surface area contributed by atoms with E-state index in [2.05, 4.69) is 0 Å². The van der Waals surface area contributed by atoms with Crippen molar-refractivity contribution in [3.8, 4) is 0 Å². The normalized spacial score (nSPS) is 40.5. The second-order valence-electron chi connectivity index (χ2n) is 6.63. The Bertz CT molecular complexity index is 541. The molecule has 5 unspecified atom stereocenters. The van der Waals surface area contributed by atoms with Crippen LogP contribution in [-0.4, -0.2) is 22.3 Å². The van der Waals surface area contributed by atoms with Gasteiger partial charge in [0, 0.05) is 24.3 Å². The highest BCUT2D eigenvalue weighted by Crippen LogP contribution is 2.66. The Morgan fingerprint density at radius 3 is 2.80 bits per heavy atom. The van der Waals surface area contributed by atoms with Crippen molar-refractivity contribution >= 4 is 5.97 Å². The molecule has 4 aliphatic rings. The summed E-state index contributed by atoms with van der Waals surface area (Å²) < 4.78 is 5.59. The standard InChI is InChI=1S/C16H20O4/c1-2-13(17)20-12-6-8-5-11(12)15-9-3-7(14(8)15)4-10(9)16(18)19/h7,9,11-12,15,18-19H,2-6H2,1H3. The van der Waals surface area contributed by atoms with Crippen molar-refractivity contribution in [3.63, 3.8) is 0 Å². The predicted molar refractivity (Wildman–Crippen MR) is 71.9 cm³/mol. The van der Waals surface area contributed by atoms with Crippen LogP contribution in [0, 0.1) is 23.7 Å². The van der Waals surface area contributed by atoms with Crippen molar-refractivity contribution < 1.29 is 19.7 Å². The molecule has 0 radical (unpaired) electrons. The van der Waals surface area contributed by atoms with Gasteiger partial charge in [-0.3, -0.25) is 4.79 Å². The summed E-state index contributed by atoms with van der Waals surface area (Å²) in [5.74, 6) is 0.972. The summed E-state index contributed by atoms with van der Waals surface area (Å²) in [7, 11) is 0. The lowest BCUT2D eigenvalue weighted by Gasteiger charge is -2.34. The maximum Gasteiger partial charge on any atom is 0.305 e. The summed E-state index contributed by atoms with van der Waals surface area (Å²) in [6.45, 7) is 1.82. The minimum absolute atomic E-state index is 0.0210. The van der Waals surface area contributed by atoms with Crippen LogP contribution in [0.15, 0.2) is 22.7 Å². The SMILES string of the molecule is CCC(=O)OC1CC2=C3C4CC(=C(O)O)C(C4)C3C1C2. The average Bonchev–Trinajstić information content (AvgIpc) is 3.14. The number of ether oxygens (including phenoxy) is 1. The van der Waals surface area contributed by atoms with Gasteiger partial charge in [-0.15, -0.1) is 0 Å². The van der Waals surface area contributed by atoms with Gasteiger partial charge in [0.05, 0.1) is 0 Å². The molecule has 3 saturated carbocycles. The fraction of sp³-hybridized carbons (Fsp3) is 0.688. The molecule has 0 aromatic carbocycles. The second kappa shape index (κ2) is 4.03. The smallest absolute Gasteiger partial charge is 0.305 e. The number of rotatable bonds is 2. The van der Waals surface area contributed by atoms with E-state index in [4.69, 9.17) is 4.74 Å². The number of hydrogen-bond donors (Lipinski definition) is 2. The highest BCUT2D eigenvalue weighted by molar-refractivity contribution is 5.69. The van der Waals surface area contributed by atoms with Crippen LogP contribution in [0.25, 0.3) is 0 Å². The fourth-order valence-corrected chi connectivity index (χ4v) is 5.22. The lowest BCUT2D eigenvalue weighted by molar-refractivity contribution is -0.151. The van der Waals surface area contributed by atoms with Crippen molar-refractivity contribution in [1.29, 1.82) is 0 Å². The third-order valence-electron chi connectivity index (χ3n) is 5.82. The Labute approximate surface area is 118 Å². The molecular weight excluding hydrogens is 256 g/mol. The zero-order chi connectivity index (χ0) is 14.0. The molecule has 2 N–H and O–H groups in total. The van der Waals surface area contributed by atoms with Gasteiger partial charge >= 0.3 is 5.97 Å². The quantitative estimate of drug-likeness (QED) is 0.462. The van der Waals surface area contributed by atoms with E-state index in [0.717, 1.165) is 31.3 Å². The van der Waals surface area contributed by atoms with E-state index in [1.807, 2.05) is 6.92 Å². The largest absolute Gasteiger partial charge is 0.481 e. The summed E-state index contributed by atoms with van der Waals surface area (Å²) in [5, 5.41) is 18.9. The second-order valence-corrected chi connectivity index (χ2v) is 6.63. The molecule has 4 heteroatoms. The molecule has 4 nitrogen and oxygen atoms in total. The van der Waals surface area contributed by atoms with Crippen LogP contribution >= 0.6 is 0 Å². The molecule has 108 valence electrons. The maximum absolute atomic E-state index is 11.5. The van der Waals surface area contributed by atoms with Crippen molar-refractivity contribution in [3.05, 3.63) is 22.7 Å². The highest BCUT2D eigenvalue weighted by atomic mass is 16.5. The van der Waals surface area contributed by atoms with Crippen molar-refractivity contribution in [2.24, 2.45) is 23.7 Å². The first-order valence-corrected chi connectivity index (χ1v) is 7.62. The van der Waals surface area contributed by atoms with Gasteiger partial charge in [0.2, 0.25) is 0 Å². The molecule has 3 fully saturated rings. The number of fused-ring (bicyclic) bond motifs is 8. The molecule has 0 saturated heterocycles. The monoisotopic (exact) mass is 276 g/mol. The molecular formula is C16H20O4. The Hall–Kier alpha value is -1.45. The third-order valence-corrected chi connectivity index (χ3v) is 5.82. The molecule has 4 aliphatic carbocycles. The van der Waals surface area contributed by atoms with Crippen molar-refractivity contribution in [1.82, 2.24) is 0 Å². The first kappa shape index (κ1) is 12.3. The number of carbonyl (C=O) groups excluding carboxylic acids is 1. The Morgan fingerprint density at radius 1 is 1.30 bits per heavy atom. The van der Waals surface area contributed by atoms with E-state index in [1.54, 1.807) is 5.57 Å². The fourth-order valence-electron chi connectivity index (χ4n) is 5.22. The third kappa shape index (κ3) is 1.45. The van der Waals surface area contributed by atoms with Gasteiger partial charge in [-0.2, -0.15) is 0 Å². The summed E-state index contributed by atoms with van der Waals surface area (Å²) in [6, 6.07) is 0. The number of carbonyl (C=O) groups is 1. The first-order valence-electron chi connectivity index (χ1n) is 7.62. The van der Waals surface area contributed by atoms with Gasteiger partial charge in [-0.05, 0) is 37.0 Å². The van der Waals surface area contributed by atoms with Crippen LogP contribution in [0.4, 0.5) is 0 Å². The van der Waals surface area contributed by atoms with E-state index < -0.39 is 5.95 Å². The topological polar surface area (TPSA) is 66.8 Å². The molecule has 0 spiro atoms. The van der Waals surface area contributed by atoms with E-state index in [-0.39, 0.29) is 18.0 Å². The van der Waals surface area contributed by atoms with Gasteiger partial charge in [-0.25, -0.2) is 0 Å². The number of esters is 1. The predicted octanol–water partition coefficient (Wildman–Crippen LogP) is 3.01. The van der Waals surface area contributed by atoms with Gasteiger partial charge in [0.25, 0.3) is 5.95 Å². The van der Waals surface area contributed by atoms with Crippen molar-refractivity contribution in [2.75, 3.05) is 0 Å². The van der Waals surface area contributed by atoms with Crippen LogP contribution in [0.5, 0.6) is 0 Å². The highest BCUT2D eigenvalue weighted by Gasteiger charge is 2.59. The molecule has 4 rings (SSSR count). The Morgan fingerprint density at radius 2 is 2.10 bits per heavy atom. The molecule has 0 heterocycles. The number of hydrogen-bond acceptors (Lipinski definition) is 4. The van der Waals surface area contributed by atoms with Crippen LogP contribution in [0.3, 0.4) is 0 Å². The Kier molecular flexibility index (Phi) is 2.48. The minimum atomic E-state index is -0.466. The molecule has 4 bridgehead atoms. The number of aliphatic hydroxyl groups excluding tert-OH is 1. The van der Waals surface area contributed by atoms with Crippen LogP contribution in [0.1, 0.15) is 39.0 Å². The molecule has 5 atom stereocenters. The van der Waals surface area contributed by atoms with E-state index in [1.165, 1.54) is 5.57 Å². The molecule has 0 amide bonds. The Balaban J connectivity index is 1.63. The average molecular weight is 276 g/mol. The molecule has 20 heavy (non-hydrogen) atoms. The minimum Gasteiger partial charge on any atom is -0.481 e. The molecule has 0 aromatic rings. The zero-order valence-corrected chi connectivity index (χ0v) is 11.6. The number of aliphatic hydroxyl groups is 2. The van der Waals surface area contributed by atoms with E-state index in [0.29, 0.717) is 24.2 Å². The van der Waals surface area contributed by atoms with Gasteiger partial charge in [0.15, 0.2) is 0 Å². The maximum atomic E-state index is 11.5. The lowest BCUT2D eigenvalue weighted by Crippen LogP contribution is -2.33. The molecule has 0 aliphatic heterocycles. The zero-order valence-electron chi connectivity index (χ0n) is 11.6. The van der Waals surface area contributed by atoms with Crippen LogP contribution < -0.4 is 0 Å². The summed E-state index contributed by atoms with van der Waals surface area (Å²) >= 11 is 0. The summed E-state index contributed by atoms with van der Waals surface area (Å²) in [6.07, 6.45) is 4.27. The van der Waals surface area contributed by atoms with E-state index in [9.17, 15) is 15.0 Å². The van der Waals surface area contributed by atoms with Crippen LogP contribution in [-0.2, 0) is 9.53 Å². The summed E-state index contributed by atoms with van der Waals surface area (Å²) in [5.41, 5.74) is 3.91. The van der Waals surface area contributed by atoms with Crippen molar-refractivity contribution in [2.45, 2.75) is 45.1 Å². The van der Waals surface area contributed by atoms with Gasteiger partial charge in [0.1, 0.15) is 6.10 Å². The van der Waals surface area contributed by atoms with Gasteiger partial charge < -0.3 is 14.9 Å². The summed E-state index contributed by atoms with van der Waals surface area (Å²) in [4.78, 5) is 11.5. The molecule has 0 aromatic heterocycles. The lowest BCUT2D eigenvalue weighted by atomic mass is 9.73.